The van der Waals surface area contributed by atoms with E-state index in [1.165, 1.54) is 0 Å². The number of hydrogen-bond acceptors (Lipinski definition) is 3. The van der Waals surface area contributed by atoms with Crippen molar-refractivity contribution in [2.45, 2.75) is 31.8 Å². The van der Waals surface area contributed by atoms with Crippen LogP contribution >= 0.6 is 0 Å². The zero-order valence-electron chi connectivity index (χ0n) is 11.8. The summed E-state index contributed by atoms with van der Waals surface area (Å²) in [6.45, 7) is 1.59. The van der Waals surface area contributed by atoms with Crippen molar-refractivity contribution in [3.8, 4) is 6.07 Å². The average molecular weight is 272 g/mol. The molecule has 1 heterocycles. The van der Waals surface area contributed by atoms with E-state index < -0.39 is 0 Å². The van der Waals surface area contributed by atoms with E-state index in [9.17, 15) is 4.79 Å². The van der Waals surface area contributed by atoms with E-state index in [0.29, 0.717) is 17.2 Å². The van der Waals surface area contributed by atoms with Gasteiger partial charge in [0.25, 0.3) is 5.91 Å². The van der Waals surface area contributed by atoms with Gasteiger partial charge in [0.2, 0.25) is 0 Å². The summed E-state index contributed by atoms with van der Waals surface area (Å²) in [5.74, 6) is -0.0329. The summed E-state index contributed by atoms with van der Waals surface area (Å²) >= 11 is 0. The summed E-state index contributed by atoms with van der Waals surface area (Å²) in [6, 6.07) is 8.89. The van der Waals surface area contributed by atoms with Gasteiger partial charge in [0.05, 0.1) is 17.7 Å². The molecule has 0 bridgehead atoms. The zero-order valence-corrected chi connectivity index (χ0v) is 11.8. The average Bonchev–Trinajstić information content (AvgIpc) is 2.99. The van der Waals surface area contributed by atoms with Crippen LogP contribution < -0.4 is 0 Å². The smallest absolute Gasteiger partial charge is 0.253 e. The molecule has 0 aliphatic carbocycles. The highest BCUT2D eigenvalue weighted by Crippen LogP contribution is 2.17. The molecular weight excluding hydrogens is 252 g/mol. The van der Waals surface area contributed by atoms with Gasteiger partial charge in [-0.3, -0.25) is 4.79 Å². The minimum atomic E-state index is -0.0329. The van der Waals surface area contributed by atoms with Gasteiger partial charge < -0.3 is 9.64 Å². The van der Waals surface area contributed by atoms with E-state index in [2.05, 4.69) is 6.07 Å². The third-order valence-electron chi connectivity index (χ3n) is 3.63. The predicted octanol–water partition coefficient (Wildman–Crippen LogP) is 2.59. The molecule has 0 unspecified atom stereocenters. The Morgan fingerprint density at radius 1 is 1.55 bits per heavy atom. The number of hydrogen-bond donors (Lipinski definition) is 0. The van der Waals surface area contributed by atoms with Crippen molar-refractivity contribution in [3.63, 3.8) is 0 Å². The molecule has 0 spiro atoms. The largest absolute Gasteiger partial charge is 0.378 e. The van der Waals surface area contributed by atoms with Crippen molar-refractivity contribution in [1.82, 2.24) is 4.90 Å². The maximum atomic E-state index is 12.2. The maximum absolute atomic E-state index is 12.2. The Hall–Kier alpha value is -1.86. The van der Waals surface area contributed by atoms with Crippen molar-refractivity contribution >= 4 is 5.91 Å². The summed E-state index contributed by atoms with van der Waals surface area (Å²) in [6.07, 6.45) is 4.63. The van der Waals surface area contributed by atoms with Gasteiger partial charge in [0.15, 0.2) is 0 Å². The first-order valence-corrected chi connectivity index (χ1v) is 7.08. The van der Waals surface area contributed by atoms with Crippen LogP contribution in [0.4, 0.5) is 0 Å². The monoisotopic (exact) mass is 272 g/mol. The Morgan fingerprint density at radius 3 is 3.10 bits per heavy atom. The molecule has 4 heteroatoms. The number of carbonyl (C=O) groups is 1. The van der Waals surface area contributed by atoms with Crippen LogP contribution in [0.25, 0.3) is 0 Å². The third kappa shape index (κ3) is 3.82. The fourth-order valence-electron chi connectivity index (χ4n) is 2.47. The van der Waals surface area contributed by atoms with Gasteiger partial charge in [-0.15, -0.1) is 0 Å². The lowest BCUT2D eigenvalue weighted by Crippen LogP contribution is -2.28. The molecule has 0 saturated carbocycles. The minimum absolute atomic E-state index is 0.0329. The summed E-state index contributed by atoms with van der Waals surface area (Å²) in [4.78, 5) is 13.9. The molecule has 1 aromatic carbocycles. The van der Waals surface area contributed by atoms with Crippen LogP contribution in [0, 0.1) is 11.3 Å². The second-order valence-electron chi connectivity index (χ2n) is 5.20. The lowest BCUT2D eigenvalue weighted by atomic mass is 10.1. The molecule has 0 aromatic heterocycles. The van der Waals surface area contributed by atoms with E-state index in [1.807, 2.05) is 0 Å². The first kappa shape index (κ1) is 14.5. The second kappa shape index (κ2) is 7.06. The molecule has 1 aromatic rings. The molecule has 1 fully saturated rings. The van der Waals surface area contributed by atoms with Crippen LogP contribution in [0.5, 0.6) is 0 Å². The fraction of sp³-hybridized carbons (Fsp3) is 0.500. The van der Waals surface area contributed by atoms with Gasteiger partial charge in [-0.1, -0.05) is 6.07 Å². The Kier molecular flexibility index (Phi) is 5.14. The number of ether oxygens (including phenoxy) is 1. The number of rotatable bonds is 5. The Labute approximate surface area is 120 Å². The normalized spacial score (nSPS) is 17.7. The van der Waals surface area contributed by atoms with Gasteiger partial charge in [-0.25, -0.2) is 0 Å². The minimum Gasteiger partial charge on any atom is -0.378 e. The molecule has 2 rings (SSSR count). The number of carbonyl (C=O) groups excluding carboxylic acids is 1. The predicted molar refractivity (Wildman–Crippen MR) is 76.3 cm³/mol. The topological polar surface area (TPSA) is 53.3 Å². The molecule has 106 valence electrons. The highest BCUT2D eigenvalue weighted by molar-refractivity contribution is 5.94. The van der Waals surface area contributed by atoms with Crippen LogP contribution in [0.15, 0.2) is 24.3 Å². The molecule has 0 radical (unpaired) electrons. The van der Waals surface area contributed by atoms with E-state index in [4.69, 9.17) is 10.00 Å². The van der Waals surface area contributed by atoms with Crippen LogP contribution in [-0.4, -0.2) is 37.1 Å². The maximum Gasteiger partial charge on any atom is 0.253 e. The number of nitriles is 1. The van der Waals surface area contributed by atoms with Gasteiger partial charge in [0, 0.05) is 25.8 Å². The molecule has 4 nitrogen and oxygen atoms in total. The van der Waals surface area contributed by atoms with Crippen molar-refractivity contribution in [2.75, 3.05) is 20.2 Å². The highest BCUT2D eigenvalue weighted by Gasteiger charge is 2.16. The van der Waals surface area contributed by atoms with Crippen molar-refractivity contribution in [3.05, 3.63) is 35.4 Å². The third-order valence-corrected chi connectivity index (χ3v) is 3.63. The lowest BCUT2D eigenvalue weighted by Gasteiger charge is -2.18. The van der Waals surface area contributed by atoms with Crippen LogP contribution in [0.3, 0.4) is 0 Å². The summed E-state index contributed by atoms with van der Waals surface area (Å²) in [7, 11) is 1.80. The van der Waals surface area contributed by atoms with Crippen molar-refractivity contribution in [2.24, 2.45) is 0 Å². The standard InChI is InChI=1S/C16H20N2O2/c1-18(9-3-7-15-8-4-10-20-15)16(19)14-6-2-5-13(11-14)12-17/h2,5-6,11,15H,3-4,7-10H2,1H3/t15-/m0/s1. The van der Waals surface area contributed by atoms with Crippen LogP contribution in [0.1, 0.15) is 41.6 Å². The van der Waals surface area contributed by atoms with Gasteiger partial charge in [0.1, 0.15) is 0 Å². The van der Waals surface area contributed by atoms with Gasteiger partial charge in [-0.2, -0.15) is 5.26 Å². The Morgan fingerprint density at radius 2 is 2.40 bits per heavy atom. The van der Waals surface area contributed by atoms with E-state index >= 15 is 0 Å². The van der Waals surface area contributed by atoms with Crippen molar-refractivity contribution < 1.29 is 9.53 Å². The van der Waals surface area contributed by atoms with Crippen molar-refractivity contribution in [1.29, 1.82) is 5.26 Å². The molecule has 1 aliphatic heterocycles. The summed E-state index contributed by atoms with van der Waals surface area (Å²) in [5.41, 5.74) is 1.09. The Bertz CT molecular complexity index is 501. The molecule has 1 aliphatic rings. The SMILES string of the molecule is CN(CCC[C@H]1CCCO1)C(=O)c1cccc(C#N)c1. The first-order valence-electron chi connectivity index (χ1n) is 7.08. The molecular formula is C16H20N2O2. The fourth-order valence-corrected chi connectivity index (χ4v) is 2.47. The summed E-state index contributed by atoms with van der Waals surface area (Å²) in [5, 5.41) is 8.86. The van der Waals surface area contributed by atoms with E-state index in [-0.39, 0.29) is 5.91 Å². The number of amides is 1. The second-order valence-corrected chi connectivity index (χ2v) is 5.20. The quantitative estimate of drug-likeness (QED) is 0.828. The number of nitrogens with zero attached hydrogens (tertiary/aromatic N) is 2. The highest BCUT2D eigenvalue weighted by atomic mass is 16.5. The van der Waals surface area contributed by atoms with Crippen LogP contribution in [-0.2, 0) is 4.74 Å². The molecule has 1 atom stereocenters. The molecule has 1 saturated heterocycles. The number of benzene rings is 1. The lowest BCUT2D eigenvalue weighted by molar-refractivity contribution is 0.0763. The summed E-state index contributed by atoms with van der Waals surface area (Å²) < 4.78 is 5.57. The van der Waals surface area contributed by atoms with E-state index in [0.717, 1.165) is 38.8 Å². The van der Waals surface area contributed by atoms with Gasteiger partial charge >= 0.3 is 0 Å². The zero-order chi connectivity index (χ0) is 14.4. The Balaban J connectivity index is 1.83. The first-order chi connectivity index (χ1) is 9.70. The van der Waals surface area contributed by atoms with Crippen LogP contribution in [0.2, 0.25) is 0 Å². The molecule has 1 amide bonds. The van der Waals surface area contributed by atoms with E-state index in [1.54, 1.807) is 36.2 Å². The van der Waals surface area contributed by atoms with Gasteiger partial charge in [-0.05, 0) is 43.9 Å². The molecule has 20 heavy (non-hydrogen) atoms. The molecule has 0 N–H and O–H groups in total.